The van der Waals surface area contributed by atoms with Crippen molar-refractivity contribution in [3.63, 3.8) is 0 Å². The van der Waals surface area contributed by atoms with Crippen molar-refractivity contribution in [2.75, 3.05) is 6.61 Å². The first-order valence-electron chi connectivity index (χ1n) is 4.15. The molecule has 14 heavy (non-hydrogen) atoms. The molecule has 0 saturated carbocycles. The molecule has 1 rings (SSSR count). The quantitative estimate of drug-likeness (QED) is 0.597. The maximum Gasteiger partial charge on any atom is 0.128 e. The van der Waals surface area contributed by atoms with Gasteiger partial charge in [0.05, 0.1) is 6.61 Å². The highest BCUT2D eigenvalue weighted by molar-refractivity contribution is 9.10. The van der Waals surface area contributed by atoms with E-state index in [0.29, 0.717) is 12.2 Å². The van der Waals surface area contributed by atoms with E-state index >= 15 is 0 Å². The van der Waals surface area contributed by atoms with Crippen molar-refractivity contribution in [2.24, 2.45) is 0 Å². The first-order chi connectivity index (χ1) is 6.74. The first kappa shape index (κ1) is 11.2. The highest BCUT2D eigenvalue weighted by atomic mass is 79.9. The second-order valence-corrected chi connectivity index (χ2v) is 3.57. The van der Waals surface area contributed by atoms with Crippen molar-refractivity contribution in [1.82, 2.24) is 0 Å². The summed E-state index contributed by atoms with van der Waals surface area (Å²) in [6.07, 6.45) is 0. The van der Waals surface area contributed by atoms with Crippen molar-refractivity contribution >= 4 is 15.9 Å². The van der Waals surface area contributed by atoms with Gasteiger partial charge in [0.2, 0.25) is 0 Å². The Labute approximate surface area is 91.4 Å². The molecule has 0 amide bonds. The van der Waals surface area contributed by atoms with E-state index in [2.05, 4.69) is 27.8 Å². The Morgan fingerprint density at radius 1 is 1.50 bits per heavy atom. The zero-order chi connectivity index (χ0) is 10.4. The molecule has 1 aromatic rings. The largest absolute Gasteiger partial charge is 0.364 e. The average Bonchev–Trinajstić information content (AvgIpc) is 2.18. The molecule has 0 atom stereocenters. The molecule has 1 nitrogen and oxygen atoms in total. The molecule has 0 heterocycles. The highest BCUT2D eigenvalue weighted by Crippen LogP contribution is 2.16. The molecule has 1 aromatic carbocycles. The fourth-order valence-electron chi connectivity index (χ4n) is 0.938. The average molecular weight is 257 g/mol. The van der Waals surface area contributed by atoms with Gasteiger partial charge in [-0.15, -0.1) is 5.92 Å². The summed E-state index contributed by atoms with van der Waals surface area (Å²) in [6.45, 7) is 2.32. The minimum atomic E-state index is -0.252. The van der Waals surface area contributed by atoms with Gasteiger partial charge >= 0.3 is 0 Å². The maximum atomic E-state index is 13.1. The van der Waals surface area contributed by atoms with E-state index in [1.54, 1.807) is 19.1 Å². The van der Waals surface area contributed by atoms with Gasteiger partial charge < -0.3 is 4.74 Å². The third-order valence-corrected chi connectivity index (χ3v) is 2.11. The summed E-state index contributed by atoms with van der Waals surface area (Å²) >= 11 is 3.27. The van der Waals surface area contributed by atoms with Crippen LogP contribution in [0.5, 0.6) is 0 Å². The van der Waals surface area contributed by atoms with Crippen molar-refractivity contribution < 1.29 is 9.13 Å². The third kappa shape index (κ3) is 3.49. The molecule has 0 unspecified atom stereocenters. The van der Waals surface area contributed by atoms with Gasteiger partial charge in [0.1, 0.15) is 12.4 Å². The van der Waals surface area contributed by atoms with E-state index in [-0.39, 0.29) is 12.4 Å². The Bertz CT molecular complexity index is 365. The monoisotopic (exact) mass is 256 g/mol. The van der Waals surface area contributed by atoms with Crippen LogP contribution in [0.4, 0.5) is 4.39 Å². The van der Waals surface area contributed by atoms with Gasteiger partial charge in [0.15, 0.2) is 0 Å². The smallest absolute Gasteiger partial charge is 0.128 e. The van der Waals surface area contributed by atoms with Crippen LogP contribution in [0.15, 0.2) is 22.7 Å². The van der Waals surface area contributed by atoms with E-state index in [9.17, 15) is 4.39 Å². The van der Waals surface area contributed by atoms with Crippen LogP contribution in [-0.2, 0) is 11.3 Å². The van der Waals surface area contributed by atoms with Gasteiger partial charge in [-0.25, -0.2) is 4.39 Å². The van der Waals surface area contributed by atoms with Crippen LogP contribution in [0.25, 0.3) is 0 Å². The number of halogens is 2. The van der Waals surface area contributed by atoms with Gasteiger partial charge in [-0.05, 0) is 25.1 Å². The molecule has 0 bridgehead atoms. The zero-order valence-electron chi connectivity index (χ0n) is 7.81. The Balaban J connectivity index is 2.56. The maximum absolute atomic E-state index is 13.1. The summed E-state index contributed by atoms with van der Waals surface area (Å²) in [5.74, 6) is 5.20. The fourth-order valence-corrected chi connectivity index (χ4v) is 1.35. The third-order valence-electron chi connectivity index (χ3n) is 1.62. The van der Waals surface area contributed by atoms with E-state index in [1.807, 2.05) is 0 Å². The molecule has 0 aliphatic heterocycles. The fraction of sp³-hybridized carbons (Fsp3) is 0.273. The van der Waals surface area contributed by atoms with Gasteiger partial charge in [0.25, 0.3) is 0 Å². The van der Waals surface area contributed by atoms with E-state index in [0.717, 1.165) is 4.47 Å². The van der Waals surface area contributed by atoms with Gasteiger partial charge in [-0.3, -0.25) is 0 Å². The van der Waals surface area contributed by atoms with Crippen LogP contribution in [0.1, 0.15) is 12.5 Å². The van der Waals surface area contributed by atoms with Crippen LogP contribution >= 0.6 is 15.9 Å². The van der Waals surface area contributed by atoms with Crippen LogP contribution in [0, 0.1) is 17.7 Å². The van der Waals surface area contributed by atoms with E-state index in [1.165, 1.54) is 6.07 Å². The lowest BCUT2D eigenvalue weighted by Crippen LogP contribution is -1.96. The number of benzene rings is 1. The molecule has 0 fully saturated rings. The molecule has 0 aliphatic rings. The Morgan fingerprint density at radius 3 is 3.00 bits per heavy atom. The van der Waals surface area contributed by atoms with Crippen LogP contribution in [0.2, 0.25) is 0 Å². The van der Waals surface area contributed by atoms with E-state index < -0.39 is 0 Å². The minimum Gasteiger partial charge on any atom is -0.364 e. The van der Waals surface area contributed by atoms with Crippen LogP contribution < -0.4 is 0 Å². The number of ether oxygens (including phenoxy) is 1. The van der Waals surface area contributed by atoms with Crippen molar-refractivity contribution in [3.05, 3.63) is 34.1 Å². The Kier molecular flexibility index (Phi) is 4.64. The molecule has 0 aromatic heterocycles. The molecular formula is C11H10BrFO. The molecule has 0 radical (unpaired) electrons. The van der Waals surface area contributed by atoms with Gasteiger partial charge in [-0.2, -0.15) is 0 Å². The normalized spacial score (nSPS) is 9.36. The minimum absolute atomic E-state index is 0.250. The number of rotatable bonds is 3. The lowest BCUT2D eigenvalue weighted by Gasteiger charge is -2.02. The Morgan fingerprint density at radius 2 is 2.29 bits per heavy atom. The predicted molar refractivity (Wildman–Crippen MR) is 57.2 cm³/mol. The topological polar surface area (TPSA) is 9.23 Å². The summed E-state index contributed by atoms with van der Waals surface area (Å²) in [6, 6.07) is 4.77. The summed E-state index contributed by atoms with van der Waals surface area (Å²) in [4.78, 5) is 0. The van der Waals surface area contributed by atoms with Crippen LogP contribution in [-0.4, -0.2) is 6.61 Å². The molecule has 0 saturated heterocycles. The molecule has 0 spiro atoms. The zero-order valence-corrected chi connectivity index (χ0v) is 9.40. The lowest BCUT2D eigenvalue weighted by atomic mass is 10.2. The van der Waals surface area contributed by atoms with Gasteiger partial charge in [-0.1, -0.05) is 21.9 Å². The molecule has 3 heteroatoms. The molecule has 0 N–H and O–H groups in total. The SMILES string of the molecule is CC#CCOCc1cc(Br)ccc1F. The van der Waals surface area contributed by atoms with Gasteiger partial charge in [0, 0.05) is 10.0 Å². The second-order valence-electron chi connectivity index (χ2n) is 2.66. The Hall–Kier alpha value is -0.850. The summed E-state index contributed by atoms with van der Waals surface area (Å²) in [5, 5.41) is 0. The summed E-state index contributed by atoms with van der Waals surface area (Å²) in [5.41, 5.74) is 0.539. The first-order valence-corrected chi connectivity index (χ1v) is 4.94. The lowest BCUT2D eigenvalue weighted by molar-refractivity contribution is 0.150. The van der Waals surface area contributed by atoms with Crippen LogP contribution in [0.3, 0.4) is 0 Å². The standard InChI is InChI=1S/C11H10BrFO/c1-2-3-6-14-8-9-7-10(12)4-5-11(9)13/h4-5,7H,6,8H2,1H3. The van der Waals surface area contributed by atoms with Crippen molar-refractivity contribution in [1.29, 1.82) is 0 Å². The highest BCUT2D eigenvalue weighted by Gasteiger charge is 2.01. The van der Waals surface area contributed by atoms with Crippen molar-refractivity contribution in [2.45, 2.75) is 13.5 Å². The number of hydrogen-bond acceptors (Lipinski definition) is 1. The van der Waals surface area contributed by atoms with Crippen molar-refractivity contribution in [3.8, 4) is 11.8 Å². The second kappa shape index (κ2) is 5.79. The summed E-state index contributed by atoms with van der Waals surface area (Å²) < 4.78 is 19.1. The molecule has 0 aliphatic carbocycles. The van der Waals surface area contributed by atoms with E-state index in [4.69, 9.17) is 4.74 Å². The summed E-state index contributed by atoms with van der Waals surface area (Å²) in [7, 11) is 0. The number of hydrogen-bond donors (Lipinski definition) is 0. The molecule has 74 valence electrons. The predicted octanol–water partition coefficient (Wildman–Crippen LogP) is 3.13. The molecular weight excluding hydrogens is 247 g/mol.